The van der Waals surface area contributed by atoms with Crippen molar-refractivity contribution < 1.29 is 5.11 Å². The fourth-order valence-corrected chi connectivity index (χ4v) is 4.64. The van der Waals surface area contributed by atoms with Crippen molar-refractivity contribution in [1.29, 1.82) is 0 Å². The smallest absolute Gasteiger partial charge is 0.0438 e. The van der Waals surface area contributed by atoms with Crippen LogP contribution in [0.1, 0.15) is 77.6 Å². The van der Waals surface area contributed by atoms with E-state index in [1.807, 2.05) is 0 Å². The van der Waals surface area contributed by atoms with E-state index in [4.69, 9.17) is 5.11 Å². The number of rotatable bonds is 14. The number of aliphatic hydroxyl groups excluding tert-OH is 1. The third-order valence-corrected chi connectivity index (χ3v) is 6.69. The molecule has 0 bridgehead atoms. The third-order valence-electron chi connectivity index (χ3n) is 3.91. The van der Waals surface area contributed by atoms with Crippen LogP contribution in [0.25, 0.3) is 0 Å². The van der Waals surface area contributed by atoms with Gasteiger partial charge in [0.1, 0.15) is 0 Å². The number of hydrogen-bond acceptors (Lipinski definition) is 1. The van der Waals surface area contributed by atoms with Crippen molar-refractivity contribution in [2.45, 2.75) is 77.6 Å². The maximum Gasteiger partial charge on any atom is 0.0438 e. The van der Waals surface area contributed by atoms with Crippen molar-refractivity contribution >= 4 is 10.0 Å². The van der Waals surface area contributed by atoms with Crippen molar-refractivity contribution in [3.63, 3.8) is 0 Å². The molecule has 0 aromatic rings. The fraction of sp³-hybridized carbons (Fsp3) is 1.00. The number of aliphatic hydroxyl groups is 1. The van der Waals surface area contributed by atoms with Crippen LogP contribution in [0.2, 0.25) is 0 Å². The molecule has 0 amide bonds. The van der Waals surface area contributed by atoms with Gasteiger partial charge in [0.05, 0.1) is 0 Å². The Balaban J connectivity index is 3.21. The molecule has 0 rings (SSSR count). The standard InChI is InChI=1S/C17H38OS/c1-4-5-6-7-8-9-10-11-12-13-16-19(2,3)17-14-15-18/h18H,4-17H2,1-3H3. The summed E-state index contributed by atoms with van der Waals surface area (Å²) in [6, 6.07) is 0. The average Bonchev–Trinajstić information content (AvgIpc) is 2.38. The lowest BCUT2D eigenvalue weighted by Gasteiger charge is -2.31. The normalized spacial score (nSPS) is 12.8. The Kier molecular flexibility index (Phi) is 13.5. The molecule has 0 spiro atoms. The van der Waals surface area contributed by atoms with Gasteiger partial charge in [0.15, 0.2) is 0 Å². The molecule has 0 aliphatic carbocycles. The lowest BCUT2D eigenvalue weighted by atomic mass is 10.1. The Labute approximate surface area is 123 Å². The third kappa shape index (κ3) is 14.5. The maximum atomic E-state index is 8.89. The lowest BCUT2D eigenvalue weighted by molar-refractivity contribution is 0.296. The van der Waals surface area contributed by atoms with E-state index in [2.05, 4.69) is 19.4 Å². The van der Waals surface area contributed by atoms with Gasteiger partial charge in [0, 0.05) is 6.61 Å². The second kappa shape index (κ2) is 13.3. The van der Waals surface area contributed by atoms with Gasteiger partial charge in [-0.25, -0.2) is 10.0 Å². The molecule has 0 radical (unpaired) electrons. The van der Waals surface area contributed by atoms with Crippen LogP contribution >= 0.6 is 10.0 Å². The highest BCUT2D eigenvalue weighted by molar-refractivity contribution is 8.32. The quantitative estimate of drug-likeness (QED) is 0.427. The Morgan fingerprint density at radius 3 is 1.53 bits per heavy atom. The van der Waals surface area contributed by atoms with Gasteiger partial charge in [-0.05, 0) is 36.9 Å². The summed E-state index contributed by atoms with van der Waals surface area (Å²) in [5.74, 6) is 2.66. The summed E-state index contributed by atoms with van der Waals surface area (Å²) in [6.45, 7) is 2.65. The zero-order valence-electron chi connectivity index (χ0n) is 13.8. The van der Waals surface area contributed by atoms with Crippen LogP contribution in [0.5, 0.6) is 0 Å². The largest absolute Gasteiger partial charge is 0.396 e. The molecule has 0 atom stereocenters. The van der Waals surface area contributed by atoms with Crippen LogP contribution in [0, 0.1) is 0 Å². The van der Waals surface area contributed by atoms with E-state index in [1.165, 1.54) is 75.7 Å². The monoisotopic (exact) mass is 290 g/mol. The summed E-state index contributed by atoms with van der Waals surface area (Å²) in [6.07, 6.45) is 20.1. The summed E-state index contributed by atoms with van der Waals surface area (Å²) in [7, 11) is -0.411. The Morgan fingerprint density at radius 2 is 1.05 bits per heavy atom. The first kappa shape index (κ1) is 19.3. The minimum Gasteiger partial charge on any atom is -0.396 e. The first-order chi connectivity index (χ1) is 9.12. The van der Waals surface area contributed by atoms with Crippen LogP contribution in [0.15, 0.2) is 0 Å². The van der Waals surface area contributed by atoms with Crippen molar-refractivity contribution in [1.82, 2.24) is 0 Å². The van der Waals surface area contributed by atoms with Crippen molar-refractivity contribution in [2.24, 2.45) is 0 Å². The van der Waals surface area contributed by atoms with E-state index in [1.54, 1.807) is 0 Å². The molecule has 1 N–H and O–H groups in total. The van der Waals surface area contributed by atoms with Crippen molar-refractivity contribution in [2.75, 3.05) is 30.6 Å². The molecular formula is C17H38OS. The molecule has 0 heterocycles. The Hall–Kier alpha value is 0.310. The topological polar surface area (TPSA) is 20.2 Å². The van der Waals surface area contributed by atoms with Gasteiger partial charge in [-0.2, -0.15) is 0 Å². The summed E-state index contributed by atoms with van der Waals surface area (Å²) < 4.78 is 0. The molecular weight excluding hydrogens is 252 g/mol. The van der Waals surface area contributed by atoms with E-state index in [9.17, 15) is 0 Å². The van der Waals surface area contributed by atoms with Gasteiger partial charge >= 0.3 is 0 Å². The maximum absolute atomic E-state index is 8.89. The minimum atomic E-state index is -0.411. The summed E-state index contributed by atoms with van der Waals surface area (Å²) in [4.78, 5) is 0. The molecule has 0 aliphatic rings. The van der Waals surface area contributed by atoms with Gasteiger partial charge in [-0.15, -0.1) is 0 Å². The fourth-order valence-electron chi connectivity index (χ4n) is 2.54. The van der Waals surface area contributed by atoms with Gasteiger partial charge in [0.25, 0.3) is 0 Å². The molecule has 0 aromatic carbocycles. The zero-order chi connectivity index (χ0) is 14.4. The van der Waals surface area contributed by atoms with E-state index in [0.29, 0.717) is 6.61 Å². The van der Waals surface area contributed by atoms with Crippen LogP contribution < -0.4 is 0 Å². The molecule has 0 saturated carbocycles. The van der Waals surface area contributed by atoms with E-state index < -0.39 is 10.0 Å². The number of unbranched alkanes of at least 4 members (excludes halogenated alkanes) is 9. The van der Waals surface area contributed by atoms with Crippen LogP contribution in [0.4, 0.5) is 0 Å². The van der Waals surface area contributed by atoms with Crippen molar-refractivity contribution in [3.05, 3.63) is 0 Å². The second-order valence-corrected chi connectivity index (χ2v) is 10.8. The Bertz CT molecular complexity index is 180. The summed E-state index contributed by atoms with van der Waals surface area (Å²) in [5.41, 5.74) is 0. The molecule has 0 aliphatic heterocycles. The number of hydrogen-bond donors (Lipinski definition) is 1. The van der Waals surface area contributed by atoms with Gasteiger partial charge < -0.3 is 5.11 Å². The first-order valence-corrected chi connectivity index (χ1v) is 11.2. The first-order valence-electron chi connectivity index (χ1n) is 8.42. The van der Waals surface area contributed by atoms with Gasteiger partial charge in [0.2, 0.25) is 0 Å². The minimum absolute atomic E-state index is 0.370. The summed E-state index contributed by atoms with van der Waals surface area (Å²) >= 11 is 0. The molecule has 0 fully saturated rings. The van der Waals surface area contributed by atoms with E-state index in [-0.39, 0.29) is 0 Å². The highest BCUT2D eigenvalue weighted by atomic mass is 32.3. The van der Waals surface area contributed by atoms with Crippen LogP contribution in [0.3, 0.4) is 0 Å². The van der Waals surface area contributed by atoms with Gasteiger partial charge in [-0.3, -0.25) is 0 Å². The highest BCUT2D eigenvalue weighted by Crippen LogP contribution is 2.41. The van der Waals surface area contributed by atoms with E-state index in [0.717, 1.165) is 6.42 Å². The van der Waals surface area contributed by atoms with E-state index >= 15 is 0 Å². The Morgan fingerprint density at radius 1 is 0.632 bits per heavy atom. The zero-order valence-corrected chi connectivity index (χ0v) is 14.6. The average molecular weight is 291 g/mol. The lowest BCUT2D eigenvalue weighted by Crippen LogP contribution is -2.07. The molecule has 0 aromatic heterocycles. The molecule has 1 nitrogen and oxygen atoms in total. The summed E-state index contributed by atoms with van der Waals surface area (Å²) in [5, 5.41) is 8.89. The molecule has 118 valence electrons. The highest BCUT2D eigenvalue weighted by Gasteiger charge is 2.10. The predicted octanol–water partition coefficient (Wildman–Crippen LogP) is 5.35. The van der Waals surface area contributed by atoms with Gasteiger partial charge in [-0.1, -0.05) is 64.7 Å². The van der Waals surface area contributed by atoms with Crippen molar-refractivity contribution in [3.8, 4) is 0 Å². The SMILES string of the molecule is CCCCCCCCCCCCS(C)(C)CCCO. The molecule has 2 heteroatoms. The predicted molar refractivity (Wildman–Crippen MR) is 92.7 cm³/mol. The molecule has 0 unspecified atom stereocenters. The van der Waals surface area contributed by atoms with Crippen LogP contribution in [-0.2, 0) is 0 Å². The molecule has 19 heavy (non-hydrogen) atoms. The second-order valence-electron chi connectivity index (χ2n) is 6.43. The van der Waals surface area contributed by atoms with Crippen LogP contribution in [-0.4, -0.2) is 35.7 Å². The molecule has 0 saturated heterocycles.